The summed E-state index contributed by atoms with van der Waals surface area (Å²) in [5, 5.41) is 0. The molecule has 1 rings (SSSR count). The molecular formula is C14H25NO2. The quantitative estimate of drug-likeness (QED) is 0.793. The molecule has 2 N–H and O–H groups in total. The minimum atomic E-state index is -0.118. The number of hydrogen-bond donors (Lipinski definition) is 1. The van der Waals surface area contributed by atoms with Crippen LogP contribution in [0.25, 0.3) is 0 Å². The molecule has 0 saturated heterocycles. The van der Waals surface area contributed by atoms with E-state index in [1.807, 2.05) is 19.1 Å². The minimum Gasteiger partial charge on any atom is -0.464 e. The highest BCUT2D eigenvalue weighted by molar-refractivity contribution is 5.10. The molecule has 0 aliphatic heterocycles. The lowest BCUT2D eigenvalue weighted by atomic mass is 10.1. The van der Waals surface area contributed by atoms with E-state index in [1.165, 1.54) is 0 Å². The van der Waals surface area contributed by atoms with E-state index in [0.717, 1.165) is 31.0 Å². The first-order chi connectivity index (χ1) is 8.04. The Morgan fingerprint density at radius 1 is 1.35 bits per heavy atom. The van der Waals surface area contributed by atoms with Gasteiger partial charge in [-0.3, -0.25) is 0 Å². The Morgan fingerprint density at radius 3 is 2.53 bits per heavy atom. The Labute approximate surface area is 104 Å². The maximum Gasteiger partial charge on any atom is 0.134 e. The molecule has 0 aromatic carbocycles. The summed E-state index contributed by atoms with van der Waals surface area (Å²) in [5.41, 5.74) is 6.09. The standard InChI is InChI=1S/C14H25NO2/c1-5-12(15)14(16-9-8-10(2)3)13-7-6-11(4)17-13/h6-7,10,12,14H,5,8-9,15H2,1-4H3. The highest BCUT2D eigenvalue weighted by Crippen LogP contribution is 2.24. The average molecular weight is 239 g/mol. The molecule has 3 heteroatoms. The molecule has 0 fully saturated rings. The Bertz CT molecular complexity index is 320. The monoisotopic (exact) mass is 239 g/mol. The second kappa shape index (κ2) is 6.82. The predicted molar refractivity (Wildman–Crippen MR) is 69.9 cm³/mol. The van der Waals surface area contributed by atoms with E-state index < -0.39 is 0 Å². The van der Waals surface area contributed by atoms with Crippen LogP contribution in [-0.2, 0) is 4.74 Å². The van der Waals surface area contributed by atoms with Crippen molar-refractivity contribution in [1.29, 1.82) is 0 Å². The van der Waals surface area contributed by atoms with Crippen LogP contribution in [0.1, 0.15) is 51.2 Å². The van der Waals surface area contributed by atoms with Crippen molar-refractivity contribution in [3.63, 3.8) is 0 Å². The molecule has 0 amide bonds. The second-order valence-electron chi connectivity index (χ2n) is 4.99. The summed E-state index contributed by atoms with van der Waals surface area (Å²) in [6.07, 6.45) is 1.81. The molecule has 1 aromatic rings. The fourth-order valence-electron chi connectivity index (χ4n) is 1.67. The molecule has 0 spiro atoms. The van der Waals surface area contributed by atoms with Gasteiger partial charge in [0.1, 0.15) is 17.6 Å². The minimum absolute atomic E-state index is 0.00675. The third-order valence-corrected chi connectivity index (χ3v) is 2.89. The maximum atomic E-state index is 6.09. The third-order valence-electron chi connectivity index (χ3n) is 2.89. The molecule has 98 valence electrons. The Balaban J connectivity index is 2.61. The van der Waals surface area contributed by atoms with Gasteiger partial charge in [0.2, 0.25) is 0 Å². The zero-order valence-corrected chi connectivity index (χ0v) is 11.4. The Morgan fingerprint density at radius 2 is 2.06 bits per heavy atom. The normalized spacial score (nSPS) is 15.2. The van der Waals surface area contributed by atoms with E-state index in [9.17, 15) is 0 Å². The summed E-state index contributed by atoms with van der Waals surface area (Å²) in [6.45, 7) is 9.12. The summed E-state index contributed by atoms with van der Waals surface area (Å²) in [5.74, 6) is 2.40. The molecule has 1 aromatic heterocycles. The van der Waals surface area contributed by atoms with E-state index in [0.29, 0.717) is 5.92 Å². The molecule has 17 heavy (non-hydrogen) atoms. The van der Waals surface area contributed by atoms with Gasteiger partial charge < -0.3 is 14.9 Å². The first kappa shape index (κ1) is 14.3. The summed E-state index contributed by atoms with van der Waals surface area (Å²) in [7, 11) is 0. The SMILES string of the molecule is CCC(N)C(OCCC(C)C)c1ccc(C)o1. The third kappa shape index (κ3) is 4.52. The molecule has 0 bridgehead atoms. The van der Waals surface area contributed by atoms with Gasteiger partial charge in [-0.1, -0.05) is 20.8 Å². The summed E-state index contributed by atoms with van der Waals surface area (Å²) in [6, 6.07) is 3.91. The molecule has 0 aliphatic carbocycles. The van der Waals surface area contributed by atoms with Gasteiger partial charge in [-0.2, -0.15) is 0 Å². The molecule has 0 radical (unpaired) electrons. The van der Waals surface area contributed by atoms with E-state index in [-0.39, 0.29) is 12.1 Å². The number of nitrogens with two attached hydrogens (primary N) is 1. The predicted octanol–water partition coefficient (Wildman–Crippen LogP) is 3.43. The molecule has 2 unspecified atom stereocenters. The van der Waals surface area contributed by atoms with Crippen molar-refractivity contribution in [2.75, 3.05) is 6.61 Å². The van der Waals surface area contributed by atoms with Crippen molar-refractivity contribution in [1.82, 2.24) is 0 Å². The first-order valence-corrected chi connectivity index (χ1v) is 6.48. The summed E-state index contributed by atoms with van der Waals surface area (Å²) in [4.78, 5) is 0. The van der Waals surface area contributed by atoms with E-state index >= 15 is 0 Å². The number of furan rings is 1. The number of hydrogen-bond acceptors (Lipinski definition) is 3. The molecule has 0 aliphatic rings. The summed E-state index contributed by atoms with van der Waals surface area (Å²) < 4.78 is 11.5. The van der Waals surface area contributed by atoms with Crippen LogP contribution in [0.5, 0.6) is 0 Å². The number of rotatable bonds is 7. The lowest BCUT2D eigenvalue weighted by molar-refractivity contribution is 0.0133. The van der Waals surface area contributed by atoms with Crippen LogP contribution >= 0.6 is 0 Å². The first-order valence-electron chi connectivity index (χ1n) is 6.48. The second-order valence-corrected chi connectivity index (χ2v) is 4.99. The van der Waals surface area contributed by atoms with Crippen LogP contribution in [0.4, 0.5) is 0 Å². The van der Waals surface area contributed by atoms with E-state index in [2.05, 4.69) is 20.8 Å². The van der Waals surface area contributed by atoms with Crippen LogP contribution < -0.4 is 5.73 Å². The van der Waals surface area contributed by atoms with Gasteiger partial charge in [0.25, 0.3) is 0 Å². The van der Waals surface area contributed by atoms with Gasteiger partial charge in [-0.05, 0) is 37.8 Å². The largest absolute Gasteiger partial charge is 0.464 e. The molecule has 2 atom stereocenters. The number of aryl methyl sites for hydroxylation is 1. The van der Waals surface area contributed by atoms with Crippen molar-refractivity contribution in [2.24, 2.45) is 11.7 Å². The van der Waals surface area contributed by atoms with Crippen LogP contribution in [0, 0.1) is 12.8 Å². The van der Waals surface area contributed by atoms with Crippen LogP contribution in [-0.4, -0.2) is 12.6 Å². The van der Waals surface area contributed by atoms with Crippen LogP contribution in [0.3, 0.4) is 0 Å². The van der Waals surface area contributed by atoms with Gasteiger partial charge in [0.05, 0.1) is 0 Å². The Hall–Kier alpha value is -0.800. The highest BCUT2D eigenvalue weighted by Gasteiger charge is 2.22. The smallest absolute Gasteiger partial charge is 0.134 e. The lowest BCUT2D eigenvalue weighted by Crippen LogP contribution is -2.29. The Kier molecular flexibility index (Phi) is 5.72. The van der Waals surface area contributed by atoms with Gasteiger partial charge >= 0.3 is 0 Å². The number of ether oxygens (including phenoxy) is 1. The van der Waals surface area contributed by atoms with Crippen molar-refractivity contribution in [3.8, 4) is 0 Å². The molecule has 3 nitrogen and oxygen atoms in total. The van der Waals surface area contributed by atoms with Gasteiger partial charge in [0.15, 0.2) is 0 Å². The zero-order valence-electron chi connectivity index (χ0n) is 11.4. The van der Waals surface area contributed by atoms with Crippen molar-refractivity contribution in [3.05, 3.63) is 23.7 Å². The average Bonchev–Trinajstić information content (AvgIpc) is 2.69. The van der Waals surface area contributed by atoms with Crippen molar-refractivity contribution < 1.29 is 9.15 Å². The summed E-state index contributed by atoms with van der Waals surface area (Å²) >= 11 is 0. The van der Waals surface area contributed by atoms with Crippen LogP contribution in [0.2, 0.25) is 0 Å². The maximum absolute atomic E-state index is 6.09. The lowest BCUT2D eigenvalue weighted by Gasteiger charge is -2.22. The van der Waals surface area contributed by atoms with Crippen molar-refractivity contribution >= 4 is 0 Å². The van der Waals surface area contributed by atoms with Gasteiger partial charge in [-0.25, -0.2) is 0 Å². The molecule has 1 heterocycles. The topological polar surface area (TPSA) is 48.4 Å². The zero-order chi connectivity index (χ0) is 12.8. The molecule has 0 saturated carbocycles. The van der Waals surface area contributed by atoms with Gasteiger partial charge in [-0.15, -0.1) is 0 Å². The van der Waals surface area contributed by atoms with E-state index in [1.54, 1.807) is 0 Å². The van der Waals surface area contributed by atoms with Gasteiger partial charge in [0, 0.05) is 12.6 Å². The fraction of sp³-hybridized carbons (Fsp3) is 0.714. The highest BCUT2D eigenvalue weighted by atomic mass is 16.5. The van der Waals surface area contributed by atoms with E-state index in [4.69, 9.17) is 14.9 Å². The van der Waals surface area contributed by atoms with Crippen LogP contribution in [0.15, 0.2) is 16.5 Å². The molecular weight excluding hydrogens is 214 g/mol. The fourth-order valence-corrected chi connectivity index (χ4v) is 1.67. The van der Waals surface area contributed by atoms with Crippen molar-refractivity contribution in [2.45, 2.75) is 52.7 Å².